The number of hydrogen-bond acceptors (Lipinski definition) is 4. The average molecular weight is 192 g/mol. The lowest BCUT2D eigenvalue weighted by Crippen LogP contribution is -1.83. The third kappa shape index (κ3) is 4.28. The number of aromatic nitrogens is 2. The molecule has 13 heavy (non-hydrogen) atoms. The van der Waals surface area contributed by atoms with E-state index in [9.17, 15) is 4.79 Å². The molecule has 0 unspecified atom stereocenters. The summed E-state index contributed by atoms with van der Waals surface area (Å²) in [5.41, 5.74) is 0.770. The molecule has 1 heterocycles. The highest BCUT2D eigenvalue weighted by Gasteiger charge is 1.88. The molecule has 0 spiro atoms. The van der Waals surface area contributed by atoms with Crippen molar-refractivity contribution in [2.45, 2.75) is 6.92 Å². The molecular formula is C9H8N2OS. The van der Waals surface area contributed by atoms with Crippen LogP contribution in [0.5, 0.6) is 0 Å². The number of nitrogens with zero attached hydrogens (tertiary/aromatic N) is 2. The summed E-state index contributed by atoms with van der Waals surface area (Å²) in [6.45, 7) is 1.53. The van der Waals surface area contributed by atoms with E-state index in [4.69, 9.17) is 0 Å². The maximum Gasteiger partial charge on any atom is 0.186 e. The Bertz CT molecular complexity index is 340. The van der Waals surface area contributed by atoms with Gasteiger partial charge >= 0.3 is 0 Å². The Morgan fingerprint density at radius 3 is 2.85 bits per heavy atom. The van der Waals surface area contributed by atoms with Crippen LogP contribution >= 0.6 is 11.8 Å². The molecule has 0 saturated heterocycles. The van der Waals surface area contributed by atoms with Gasteiger partial charge in [-0.2, -0.15) is 0 Å². The Balaban J connectivity index is 2.44. The van der Waals surface area contributed by atoms with Crippen LogP contribution < -0.4 is 0 Å². The zero-order chi connectivity index (χ0) is 9.52. The van der Waals surface area contributed by atoms with Crippen LogP contribution in [0.2, 0.25) is 0 Å². The van der Waals surface area contributed by atoms with Crippen molar-refractivity contribution >= 4 is 16.9 Å². The van der Waals surface area contributed by atoms with E-state index >= 15 is 0 Å². The zero-order valence-electron chi connectivity index (χ0n) is 7.15. The van der Waals surface area contributed by atoms with Gasteiger partial charge in [-0.05, 0) is 0 Å². The molecule has 0 aliphatic heterocycles. The third-order valence-electron chi connectivity index (χ3n) is 1.14. The number of hydrogen-bond donors (Lipinski definition) is 0. The molecule has 66 valence electrons. The van der Waals surface area contributed by atoms with Crippen LogP contribution in [0, 0.1) is 11.8 Å². The molecule has 1 aromatic rings. The van der Waals surface area contributed by atoms with E-state index < -0.39 is 0 Å². The van der Waals surface area contributed by atoms with Gasteiger partial charge in [0.15, 0.2) is 5.12 Å². The van der Waals surface area contributed by atoms with Gasteiger partial charge in [-0.1, -0.05) is 23.6 Å². The quantitative estimate of drug-likeness (QED) is 0.625. The number of thioether (sulfide) groups is 1. The smallest absolute Gasteiger partial charge is 0.186 e. The fourth-order valence-electron chi connectivity index (χ4n) is 0.640. The van der Waals surface area contributed by atoms with Crippen LogP contribution in [-0.4, -0.2) is 20.8 Å². The van der Waals surface area contributed by atoms with Crippen molar-refractivity contribution in [3.63, 3.8) is 0 Å². The largest absolute Gasteiger partial charge is 0.288 e. The van der Waals surface area contributed by atoms with Crippen LogP contribution in [0.25, 0.3) is 0 Å². The van der Waals surface area contributed by atoms with Crippen molar-refractivity contribution in [2.75, 3.05) is 5.75 Å². The van der Waals surface area contributed by atoms with Gasteiger partial charge in [-0.3, -0.25) is 4.79 Å². The summed E-state index contributed by atoms with van der Waals surface area (Å²) in [5, 5.41) is 0.0820. The van der Waals surface area contributed by atoms with E-state index in [0.29, 0.717) is 5.75 Å². The number of rotatable bonds is 1. The fourth-order valence-corrected chi connectivity index (χ4v) is 0.987. The average Bonchev–Trinajstić information content (AvgIpc) is 2.14. The van der Waals surface area contributed by atoms with Gasteiger partial charge in [0.05, 0.1) is 11.3 Å². The molecule has 0 saturated carbocycles. The first-order valence-corrected chi connectivity index (χ1v) is 4.65. The van der Waals surface area contributed by atoms with Gasteiger partial charge in [0.25, 0.3) is 0 Å². The van der Waals surface area contributed by atoms with Crippen molar-refractivity contribution in [3.05, 3.63) is 24.3 Å². The minimum Gasteiger partial charge on any atom is -0.288 e. The summed E-state index contributed by atoms with van der Waals surface area (Å²) < 4.78 is 0. The first kappa shape index (κ1) is 9.75. The molecule has 0 aromatic carbocycles. The van der Waals surface area contributed by atoms with E-state index in [2.05, 4.69) is 21.8 Å². The maximum absolute atomic E-state index is 10.5. The summed E-state index contributed by atoms with van der Waals surface area (Å²) >= 11 is 1.20. The van der Waals surface area contributed by atoms with Crippen molar-refractivity contribution in [3.8, 4) is 11.8 Å². The van der Waals surface area contributed by atoms with Crippen molar-refractivity contribution in [1.82, 2.24) is 9.97 Å². The van der Waals surface area contributed by atoms with Crippen LogP contribution in [0.4, 0.5) is 0 Å². The third-order valence-corrected chi connectivity index (χ3v) is 1.84. The van der Waals surface area contributed by atoms with E-state index in [0.717, 1.165) is 5.56 Å². The standard InChI is InChI=1S/C9H8N2OS/c1-8(12)13-4-2-3-9-5-10-7-11-6-9/h5-7H,4H2,1H3. The van der Waals surface area contributed by atoms with Crippen LogP contribution in [0.3, 0.4) is 0 Å². The molecule has 0 amide bonds. The maximum atomic E-state index is 10.5. The molecule has 0 fully saturated rings. The lowest BCUT2D eigenvalue weighted by Gasteiger charge is -1.86. The SMILES string of the molecule is CC(=O)SCC#Cc1cncnc1. The summed E-state index contributed by atoms with van der Waals surface area (Å²) in [6, 6.07) is 0. The van der Waals surface area contributed by atoms with Gasteiger partial charge in [-0.25, -0.2) is 9.97 Å². The van der Waals surface area contributed by atoms with Gasteiger partial charge in [0.1, 0.15) is 6.33 Å². The first-order valence-electron chi connectivity index (χ1n) is 3.66. The monoisotopic (exact) mass is 192 g/mol. The second kappa shape index (κ2) is 5.33. The zero-order valence-corrected chi connectivity index (χ0v) is 7.97. The van der Waals surface area contributed by atoms with E-state index in [1.54, 1.807) is 12.4 Å². The van der Waals surface area contributed by atoms with Gasteiger partial charge < -0.3 is 0 Å². The Morgan fingerprint density at radius 1 is 1.54 bits per heavy atom. The molecule has 1 aromatic heterocycles. The molecule has 1 rings (SSSR count). The molecule has 0 aliphatic carbocycles. The minimum absolute atomic E-state index is 0.0820. The molecule has 3 nitrogen and oxygen atoms in total. The topological polar surface area (TPSA) is 42.9 Å². The fraction of sp³-hybridized carbons (Fsp3) is 0.222. The molecule has 0 bridgehead atoms. The lowest BCUT2D eigenvalue weighted by molar-refractivity contribution is -0.109. The van der Waals surface area contributed by atoms with Crippen LogP contribution in [0.1, 0.15) is 12.5 Å². The lowest BCUT2D eigenvalue weighted by atomic mass is 10.3. The van der Waals surface area contributed by atoms with Gasteiger partial charge in [0, 0.05) is 19.3 Å². The highest BCUT2D eigenvalue weighted by atomic mass is 32.2. The number of carbonyl (C=O) groups is 1. The molecular weight excluding hydrogens is 184 g/mol. The molecule has 0 atom stereocenters. The predicted octanol–water partition coefficient (Wildman–Crippen LogP) is 1.11. The van der Waals surface area contributed by atoms with E-state index in [-0.39, 0.29) is 5.12 Å². The summed E-state index contributed by atoms with van der Waals surface area (Å²) in [5.74, 6) is 6.22. The van der Waals surface area contributed by atoms with Crippen LogP contribution in [0.15, 0.2) is 18.7 Å². The van der Waals surface area contributed by atoms with Crippen molar-refractivity contribution in [2.24, 2.45) is 0 Å². The van der Waals surface area contributed by atoms with E-state index in [1.807, 2.05) is 0 Å². The van der Waals surface area contributed by atoms with Crippen LogP contribution in [-0.2, 0) is 4.79 Å². The molecule has 4 heteroatoms. The minimum atomic E-state index is 0.0820. The first-order chi connectivity index (χ1) is 6.29. The highest BCUT2D eigenvalue weighted by Crippen LogP contribution is 1.98. The van der Waals surface area contributed by atoms with E-state index in [1.165, 1.54) is 25.0 Å². The summed E-state index contributed by atoms with van der Waals surface area (Å²) in [6.07, 6.45) is 4.73. The Morgan fingerprint density at radius 2 is 2.23 bits per heavy atom. The van der Waals surface area contributed by atoms with Gasteiger partial charge in [-0.15, -0.1) is 0 Å². The summed E-state index contributed by atoms with van der Waals surface area (Å²) in [7, 11) is 0. The Hall–Kier alpha value is -1.34. The molecule has 0 N–H and O–H groups in total. The Labute approximate surface area is 81.0 Å². The normalized spacial score (nSPS) is 8.69. The van der Waals surface area contributed by atoms with Gasteiger partial charge in [0.2, 0.25) is 0 Å². The van der Waals surface area contributed by atoms with Crippen molar-refractivity contribution in [1.29, 1.82) is 0 Å². The molecule has 0 aliphatic rings. The predicted molar refractivity (Wildman–Crippen MR) is 52.0 cm³/mol. The van der Waals surface area contributed by atoms with Crippen molar-refractivity contribution < 1.29 is 4.79 Å². The number of carbonyl (C=O) groups excluding carboxylic acids is 1. The molecule has 0 radical (unpaired) electrons. The second-order valence-corrected chi connectivity index (χ2v) is 3.36. The highest BCUT2D eigenvalue weighted by molar-refractivity contribution is 8.13. The summed E-state index contributed by atoms with van der Waals surface area (Å²) in [4.78, 5) is 18.1. The second-order valence-electron chi connectivity index (χ2n) is 2.21. The Kier molecular flexibility index (Phi) is 4.00.